The fourth-order valence-electron chi connectivity index (χ4n) is 4.39. The Morgan fingerprint density at radius 1 is 0.647 bits per heavy atom. The van der Waals surface area contributed by atoms with Crippen LogP contribution in [0.3, 0.4) is 0 Å². The van der Waals surface area contributed by atoms with E-state index in [4.69, 9.17) is 0 Å². The number of likely N-dealkylation sites (N-methyl/N-ethyl adjacent to an activating group) is 1. The Labute approximate surface area is 211 Å². The lowest BCUT2D eigenvalue weighted by molar-refractivity contribution is -0.875. The van der Waals surface area contributed by atoms with E-state index in [1.54, 1.807) is 0 Å². The van der Waals surface area contributed by atoms with E-state index in [-0.39, 0.29) is 13.0 Å². The molecule has 202 valence electrons. The van der Waals surface area contributed by atoms with Crippen LogP contribution in [0.5, 0.6) is 0 Å². The molecule has 1 unspecified atom stereocenters. The molecule has 0 aliphatic heterocycles. The third-order valence-corrected chi connectivity index (χ3v) is 7.73. The summed E-state index contributed by atoms with van der Waals surface area (Å²) in [5.74, 6) is 0. The Bertz CT molecular complexity index is 579. The molecular weight excluding hydrogens is 445 g/mol. The molecule has 0 aromatic carbocycles. The van der Waals surface area contributed by atoms with Crippen LogP contribution in [-0.4, -0.2) is 52.4 Å². The second kappa shape index (κ2) is 19.7. The summed E-state index contributed by atoms with van der Waals surface area (Å²) in [6, 6.07) is 0. The molecule has 0 aromatic rings. The molecule has 0 aliphatic carbocycles. The average molecular weight is 503 g/mol. The standard InChI is InChI=1S/C28H56NO4P/c1-5-6-7-8-9-10-11-12-13-14-15-16-17-18-19-20-21-22-23-24-25-26-28(30,34(31,32)33)27-29(2,3)4/h6-7,22-23,30H,5,8-21,24-27H2,1-4H3,(H-,31,32,33)/p+1/b7-6-,23-22-. The molecular formula is C28H57NO4P+. The molecule has 0 heterocycles. The summed E-state index contributed by atoms with van der Waals surface area (Å²) in [4.78, 5) is 19.2. The van der Waals surface area contributed by atoms with E-state index in [1.807, 2.05) is 21.1 Å². The lowest BCUT2D eigenvalue weighted by atomic mass is 10.0. The van der Waals surface area contributed by atoms with Crippen molar-refractivity contribution in [3.05, 3.63) is 24.3 Å². The predicted molar refractivity (Wildman–Crippen MR) is 147 cm³/mol. The van der Waals surface area contributed by atoms with Gasteiger partial charge in [0.25, 0.3) is 0 Å². The summed E-state index contributed by atoms with van der Waals surface area (Å²) in [5.41, 5.74) is 0. The number of hydrogen-bond donors (Lipinski definition) is 3. The van der Waals surface area contributed by atoms with Crippen LogP contribution < -0.4 is 0 Å². The molecule has 0 rings (SSSR count). The van der Waals surface area contributed by atoms with Gasteiger partial charge in [-0.3, -0.25) is 4.57 Å². The van der Waals surface area contributed by atoms with E-state index < -0.39 is 12.9 Å². The van der Waals surface area contributed by atoms with E-state index in [2.05, 4.69) is 31.2 Å². The Morgan fingerprint density at radius 2 is 1.00 bits per heavy atom. The van der Waals surface area contributed by atoms with Crippen LogP contribution in [0.25, 0.3) is 0 Å². The van der Waals surface area contributed by atoms with Gasteiger partial charge < -0.3 is 19.4 Å². The van der Waals surface area contributed by atoms with Crippen molar-refractivity contribution in [3.63, 3.8) is 0 Å². The maximum atomic E-state index is 11.8. The van der Waals surface area contributed by atoms with Crippen LogP contribution in [0.2, 0.25) is 0 Å². The molecule has 0 bridgehead atoms. The number of nitrogens with zero attached hydrogens (tertiary/aromatic N) is 1. The summed E-state index contributed by atoms with van der Waals surface area (Å²) >= 11 is 0. The van der Waals surface area contributed by atoms with Gasteiger partial charge in [-0.05, 0) is 51.4 Å². The first-order valence-corrected chi connectivity index (χ1v) is 15.5. The van der Waals surface area contributed by atoms with Crippen molar-refractivity contribution >= 4 is 7.60 Å². The number of allylic oxidation sites excluding steroid dienone is 4. The van der Waals surface area contributed by atoms with Gasteiger partial charge >= 0.3 is 7.60 Å². The Hall–Kier alpha value is -0.450. The summed E-state index contributed by atoms with van der Waals surface area (Å²) < 4.78 is 12.1. The van der Waals surface area contributed by atoms with E-state index in [0.29, 0.717) is 10.9 Å². The Balaban J connectivity index is 3.58. The number of quaternary nitrogens is 1. The number of rotatable bonds is 23. The van der Waals surface area contributed by atoms with Crippen molar-refractivity contribution in [2.75, 3.05) is 27.7 Å². The highest BCUT2D eigenvalue weighted by atomic mass is 31.2. The molecule has 0 radical (unpaired) electrons. The number of hydrogen-bond acceptors (Lipinski definition) is 2. The largest absolute Gasteiger partial charge is 0.373 e. The quantitative estimate of drug-likeness (QED) is 0.0578. The maximum Gasteiger partial charge on any atom is 0.362 e. The molecule has 5 nitrogen and oxygen atoms in total. The van der Waals surface area contributed by atoms with Gasteiger partial charge in [-0.1, -0.05) is 95.4 Å². The zero-order valence-corrected chi connectivity index (χ0v) is 23.8. The van der Waals surface area contributed by atoms with Gasteiger partial charge in [0.15, 0.2) is 0 Å². The molecule has 0 spiro atoms. The number of aliphatic hydroxyl groups is 1. The average Bonchev–Trinajstić information content (AvgIpc) is 2.73. The van der Waals surface area contributed by atoms with Crippen LogP contribution in [0.15, 0.2) is 24.3 Å². The van der Waals surface area contributed by atoms with Gasteiger partial charge in [0.05, 0.1) is 21.1 Å². The van der Waals surface area contributed by atoms with Gasteiger partial charge in [0.2, 0.25) is 5.34 Å². The highest BCUT2D eigenvalue weighted by Crippen LogP contribution is 2.52. The van der Waals surface area contributed by atoms with Gasteiger partial charge in [0.1, 0.15) is 6.54 Å². The molecule has 3 N–H and O–H groups in total. The molecule has 34 heavy (non-hydrogen) atoms. The normalized spacial score (nSPS) is 14.9. The minimum Gasteiger partial charge on any atom is -0.373 e. The summed E-state index contributed by atoms with van der Waals surface area (Å²) in [6.07, 6.45) is 30.0. The molecule has 0 aliphatic rings. The summed E-state index contributed by atoms with van der Waals surface area (Å²) in [6.45, 7) is 2.23. The first-order valence-electron chi connectivity index (χ1n) is 13.9. The third-order valence-electron chi connectivity index (χ3n) is 6.28. The van der Waals surface area contributed by atoms with Crippen molar-refractivity contribution in [1.82, 2.24) is 0 Å². The fourth-order valence-corrected chi connectivity index (χ4v) is 5.45. The van der Waals surface area contributed by atoms with Gasteiger partial charge in [0, 0.05) is 0 Å². The highest BCUT2D eigenvalue weighted by molar-refractivity contribution is 7.53. The van der Waals surface area contributed by atoms with Crippen molar-refractivity contribution in [2.45, 2.75) is 128 Å². The van der Waals surface area contributed by atoms with Crippen LogP contribution in [0.1, 0.15) is 122 Å². The predicted octanol–water partition coefficient (Wildman–Crippen LogP) is 7.71. The molecule has 1 atom stereocenters. The van der Waals surface area contributed by atoms with Gasteiger partial charge in [-0.2, -0.15) is 0 Å². The number of unbranched alkanes of at least 4 members (excludes halogenated alkanes) is 14. The molecule has 0 saturated carbocycles. The van der Waals surface area contributed by atoms with E-state index >= 15 is 0 Å². The van der Waals surface area contributed by atoms with E-state index in [1.165, 1.54) is 83.5 Å². The first kappa shape index (κ1) is 33.5. The first-order chi connectivity index (χ1) is 16.0. The minimum absolute atomic E-state index is 0.0399. The van der Waals surface area contributed by atoms with E-state index in [9.17, 15) is 19.5 Å². The maximum absolute atomic E-state index is 11.8. The molecule has 6 heteroatoms. The van der Waals surface area contributed by atoms with E-state index in [0.717, 1.165) is 19.3 Å². The fraction of sp³-hybridized carbons (Fsp3) is 0.857. The molecule has 0 amide bonds. The SMILES string of the molecule is CC/C=C\CCCCCCCCCCCCCC/C=C\CCCC(O)(C[N+](C)(C)C)P(=O)(O)O. The minimum atomic E-state index is -4.57. The van der Waals surface area contributed by atoms with Gasteiger partial charge in [-0.15, -0.1) is 0 Å². The topological polar surface area (TPSA) is 77.8 Å². The van der Waals surface area contributed by atoms with Crippen LogP contribution in [0, 0.1) is 0 Å². The Morgan fingerprint density at radius 3 is 1.35 bits per heavy atom. The Kier molecular flexibility index (Phi) is 19.4. The lowest BCUT2D eigenvalue weighted by Crippen LogP contribution is -2.49. The molecule has 0 aromatic heterocycles. The van der Waals surface area contributed by atoms with Crippen molar-refractivity contribution in [1.29, 1.82) is 0 Å². The van der Waals surface area contributed by atoms with Crippen LogP contribution in [0.4, 0.5) is 0 Å². The third kappa shape index (κ3) is 19.8. The van der Waals surface area contributed by atoms with Gasteiger partial charge in [-0.25, -0.2) is 0 Å². The molecule has 0 fully saturated rings. The van der Waals surface area contributed by atoms with Crippen molar-refractivity contribution in [2.24, 2.45) is 0 Å². The molecule has 0 saturated heterocycles. The lowest BCUT2D eigenvalue weighted by Gasteiger charge is -2.35. The summed E-state index contributed by atoms with van der Waals surface area (Å²) in [5, 5.41) is 8.60. The second-order valence-corrected chi connectivity index (χ2v) is 13.0. The van der Waals surface area contributed by atoms with Crippen molar-refractivity contribution in [3.8, 4) is 0 Å². The van der Waals surface area contributed by atoms with Crippen molar-refractivity contribution < 1.29 is 23.9 Å². The summed E-state index contributed by atoms with van der Waals surface area (Å²) in [7, 11) is 0.924. The van der Waals surface area contributed by atoms with Crippen LogP contribution in [-0.2, 0) is 4.57 Å². The zero-order valence-electron chi connectivity index (χ0n) is 22.9. The highest BCUT2D eigenvalue weighted by Gasteiger charge is 2.48. The smallest absolute Gasteiger partial charge is 0.362 e. The monoisotopic (exact) mass is 502 g/mol. The second-order valence-electron chi connectivity index (χ2n) is 11.0. The van der Waals surface area contributed by atoms with Crippen LogP contribution >= 0.6 is 7.60 Å². The zero-order chi connectivity index (χ0) is 25.8.